The molecule has 6 heteroatoms. The Morgan fingerprint density at radius 2 is 1.90 bits per heavy atom. The molecule has 1 amide bonds. The third-order valence-corrected chi connectivity index (χ3v) is 6.24. The number of methoxy groups -OCH3 is 1. The number of para-hydroxylation sites is 2. The highest BCUT2D eigenvalue weighted by Crippen LogP contribution is 2.42. The van der Waals surface area contributed by atoms with Crippen molar-refractivity contribution in [3.8, 4) is 5.75 Å². The van der Waals surface area contributed by atoms with Crippen molar-refractivity contribution in [1.29, 1.82) is 0 Å². The van der Waals surface area contributed by atoms with E-state index in [1.165, 1.54) is 0 Å². The van der Waals surface area contributed by atoms with Gasteiger partial charge in [0.1, 0.15) is 11.6 Å². The molecule has 2 fully saturated rings. The van der Waals surface area contributed by atoms with Crippen LogP contribution in [0.5, 0.6) is 5.75 Å². The van der Waals surface area contributed by atoms with E-state index < -0.39 is 0 Å². The zero-order chi connectivity index (χ0) is 20.9. The minimum absolute atomic E-state index is 0.198. The summed E-state index contributed by atoms with van der Waals surface area (Å²) in [4.78, 5) is 21.8. The summed E-state index contributed by atoms with van der Waals surface area (Å²) in [6.45, 7) is 6.31. The van der Waals surface area contributed by atoms with Crippen molar-refractivity contribution in [3.05, 3.63) is 48.2 Å². The van der Waals surface area contributed by atoms with Crippen molar-refractivity contribution < 1.29 is 9.53 Å². The normalized spacial score (nSPS) is 20.7. The number of piperazine rings is 1. The molecule has 0 spiro atoms. The quantitative estimate of drug-likeness (QED) is 0.725. The Bertz CT molecular complexity index is 864. The minimum Gasteiger partial charge on any atom is -0.495 e. The zero-order valence-electron chi connectivity index (χ0n) is 18.0. The smallest absolute Gasteiger partial charge is 0.223 e. The van der Waals surface area contributed by atoms with E-state index in [9.17, 15) is 4.79 Å². The molecule has 1 saturated carbocycles. The third-order valence-electron chi connectivity index (χ3n) is 6.24. The van der Waals surface area contributed by atoms with Crippen LogP contribution >= 0.6 is 0 Å². The number of hydrogen-bond donors (Lipinski definition) is 1. The average molecular weight is 409 g/mol. The number of benzene rings is 1. The van der Waals surface area contributed by atoms with E-state index in [2.05, 4.69) is 45.2 Å². The van der Waals surface area contributed by atoms with E-state index in [1.807, 2.05) is 24.4 Å². The van der Waals surface area contributed by atoms with Gasteiger partial charge in [0, 0.05) is 50.4 Å². The molecule has 1 saturated heterocycles. The van der Waals surface area contributed by atoms with Crippen LogP contribution in [0.2, 0.25) is 0 Å². The number of amides is 1. The Kier molecular flexibility index (Phi) is 6.41. The summed E-state index contributed by atoms with van der Waals surface area (Å²) in [7, 11) is 1.72. The van der Waals surface area contributed by atoms with Gasteiger partial charge in [0.15, 0.2) is 0 Å². The van der Waals surface area contributed by atoms with Crippen LogP contribution in [0.25, 0.3) is 0 Å². The van der Waals surface area contributed by atoms with Gasteiger partial charge in [-0.05, 0) is 37.0 Å². The molecule has 6 nitrogen and oxygen atoms in total. The number of pyridine rings is 1. The monoisotopic (exact) mass is 408 g/mol. The van der Waals surface area contributed by atoms with Gasteiger partial charge in [0.2, 0.25) is 5.91 Å². The maximum absolute atomic E-state index is 12.4. The Balaban J connectivity index is 1.36. The Morgan fingerprint density at radius 1 is 1.13 bits per heavy atom. The molecule has 0 bridgehead atoms. The molecule has 1 N–H and O–H groups in total. The first-order valence-corrected chi connectivity index (χ1v) is 11.1. The second kappa shape index (κ2) is 9.37. The summed E-state index contributed by atoms with van der Waals surface area (Å²) >= 11 is 0. The van der Waals surface area contributed by atoms with Gasteiger partial charge in [0.25, 0.3) is 0 Å². The molecule has 2 atom stereocenters. The lowest BCUT2D eigenvalue weighted by Gasteiger charge is -2.37. The van der Waals surface area contributed by atoms with E-state index in [1.54, 1.807) is 7.11 Å². The number of rotatable bonds is 8. The maximum Gasteiger partial charge on any atom is 0.223 e. The van der Waals surface area contributed by atoms with Crippen LogP contribution in [0.15, 0.2) is 42.6 Å². The maximum atomic E-state index is 12.4. The predicted molar refractivity (Wildman–Crippen MR) is 120 cm³/mol. The fourth-order valence-electron chi connectivity index (χ4n) is 4.48. The minimum atomic E-state index is 0.198. The van der Waals surface area contributed by atoms with E-state index in [-0.39, 0.29) is 11.8 Å². The molecule has 1 aromatic heterocycles. The van der Waals surface area contributed by atoms with Crippen LogP contribution in [0.3, 0.4) is 0 Å². The first-order valence-electron chi connectivity index (χ1n) is 11.1. The van der Waals surface area contributed by atoms with Gasteiger partial charge in [-0.2, -0.15) is 0 Å². The van der Waals surface area contributed by atoms with Crippen molar-refractivity contribution in [2.24, 2.45) is 11.8 Å². The summed E-state index contributed by atoms with van der Waals surface area (Å²) in [5.41, 5.74) is 2.23. The van der Waals surface area contributed by atoms with Gasteiger partial charge >= 0.3 is 0 Å². The van der Waals surface area contributed by atoms with Crippen molar-refractivity contribution >= 4 is 17.4 Å². The zero-order valence-corrected chi connectivity index (χ0v) is 18.0. The average Bonchev–Trinajstić information content (AvgIpc) is 3.57. The lowest BCUT2D eigenvalue weighted by molar-refractivity contribution is -0.122. The standard InChI is InChI=1S/C24H32N4O2/c1-3-7-18-16-20(18)24(29)26-17-19-8-6-11-25-23(19)28-14-12-27(13-15-28)21-9-4-5-10-22(21)30-2/h4-6,8-11,18,20H,3,7,12-17H2,1-2H3,(H,26,29)/t18-,20+/m0/s1. The molecule has 160 valence electrons. The van der Waals surface area contributed by atoms with Crippen LogP contribution in [0.1, 0.15) is 31.7 Å². The molecule has 4 rings (SSSR count). The highest BCUT2D eigenvalue weighted by Gasteiger charge is 2.41. The number of anilines is 2. The summed E-state index contributed by atoms with van der Waals surface area (Å²) in [6, 6.07) is 12.2. The molecule has 0 unspecified atom stereocenters. The highest BCUT2D eigenvalue weighted by atomic mass is 16.5. The first kappa shape index (κ1) is 20.5. The van der Waals surface area contributed by atoms with E-state index in [0.717, 1.165) is 68.3 Å². The number of carbonyl (C=O) groups is 1. The lowest BCUT2D eigenvalue weighted by atomic mass is 10.1. The van der Waals surface area contributed by atoms with Gasteiger partial charge in [-0.3, -0.25) is 4.79 Å². The number of hydrogen-bond acceptors (Lipinski definition) is 5. The first-order chi connectivity index (χ1) is 14.7. The van der Waals surface area contributed by atoms with Crippen LogP contribution in [-0.4, -0.2) is 44.2 Å². The molecular formula is C24H32N4O2. The van der Waals surface area contributed by atoms with Crippen LogP contribution in [0, 0.1) is 11.8 Å². The second-order valence-corrected chi connectivity index (χ2v) is 8.24. The number of nitrogens with zero attached hydrogens (tertiary/aromatic N) is 3. The van der Waals surface area contributed by atoms with Gasteiger partial charge in [-0.15, -0.1) is 0 Å². The van der Waals surface area contributed by atoms with E-state index >= 15 is 0 Å². The van der Waals surface area contributed by atoms with E-state index in [0.29, 0.717) is 12.5 Å². The Labute approximate surface area is 179 Å². The highest BCUT2D eigenvalue weighted by molar-refractivity contribution is 5.81. The molecule has 1 aliphatic carbocycles. The van der Waals surface area contributed by atoms with Crippen LogP contribution in [0.4, 0.5) is 11.5 Å². The fourth-order valence-corrected chi connectivity index (χ4v) is 4.48. The third kappa shape index (κ3) is 4.53. The fraction of sp³-hybridized carbons (Fsp3) is 0.500. The van der Waals surface area contributed by atoms with Crippen molar-refractivity contribution in [3.63, 3.8) is 0 Å². The second-order valence-electron chi connectivity index (χ2n) is 8.24. The molecule has 30 heavy (non-hydrogen) atoms. The van der Waals surface area contributed by atoms with Crippen LogP contribution in [-0.2, 0) is 11.3 Å². The number of nitrogens with one attached hydrogen (secondary N) is 1. The van der Waals surface area contributed by atoms with E-state index in [4.69, 9.17) is 4.74 Å². The number of aromatic nitrogens is 1. The largest absolute Gasteiger partial charge is 0.495 e. The molecular weight excluding hydrogens is 376 g/mol. The SMILES string of the molecule is CCC[C@H]1C[C@H]1C(=O)NCc1cccnc1N1CCN(c2ccccc2OC)CC1. The summed E-state index contributed by atoms with van der Waals surface area (Å²) in [5.74, 6) is 2.90. The van der Waals surface area contributed by atoms with Gasteiger partial charge in [0.05, 0.1) is 12.8 Å². The summed E-state index contributed by atoms with van der Waals surface area (Å²) in [6.07, 6.45) is 5.20. The van der Waals surface area contributed by atoms with Crippen molar-refractivity contribution in [2.75, 3.05) is 43.1 Å². The van der Waals surface area contributed by atoms with Gasteiger partial charge in [-0.1, -0.05) is 31.5 Å². The lowest BCUT2D eigenvalue weighted by Crippen LogP contribution is -2.47. The van der Waals surface area contributed by atoms with Gasteiger partial charge < -0.3 is 19.9 Å². The Hall–Kier alpha value is -2.76. The molecule has 0 radical (unpaired) electrons. The molecule has 1 aromatic carbocycles. The van der Waals surface area contributed by atoms with Crippen LogP contribution < -0.4 is 19.9 Å². The number of carbonyl (C=O) groups excluding carboxylic acids is 1. The molecule has 2 heterocycles. The molecule has 1 aliphatic heterocycles. The van der Waals surface area contributed by atoms with Gasteiger partial charge in [-0.25, -0.2) is 4.98 Å². The topological polar surface area (TPSA) is 57.7 Å². The molecule has 2 aliphatic rings. The number of ether oxygens (including phenoxy) is 1. The predicted octanol–water partition coefficient (Wildman–Crippen LogP) is 3.47. The summed E-state index contributed by atoms with van der Waals surface area (Å²) < 4.78 is 5.52. The van der Waals surface area contributed by atoms with Crippen molar-refractivity contribution in [2.45, 2.75) is 32.7 Å². The molecule has 2 aromatic rings. The Morgan fingerprint density at radius 3 is 2.67 bits per heavy atom. The van der Waals surface area contributed by atoms with Crippen molar-refractivity contribution in [1.82, 2.24) is 10.3 Å². The summed E-state index contributed by atoms with van der Waals surface area (Å²) in [5, 5.41) is 3.15.